The van der Waals surface area contributed by atoms with Crippen LogP contribution >= 0.6 is 12.6 Å². The third-order valence-electron chi connectivity index (χ3n) is 1.65. The van der Waals surface area contributed by atoms with Gasteiger partial charge in [0.05, 0.1) is 0 Å². The molecular formula is C14H14S. The molecule has 76 valence electrons. The molecule has 0 spiro atoms. The van der Waals surface area contributed by atoms with Crippen LogP contribution in [0, 0.1) is 0 Å². The van der Waals surface area contributed by atoms with Crippen LogP contribution in [0.25, 0.3) is 0 Å². The molecule has 1 aromatic carbocycles. The van der Waals surface area contributed by atoms with Gasteiger partial charge in [-0.15, -0.1) is 12.6 Å². The second kappa shape index (κ2) is 7.89. The van der Waals surface area contributed by atoms with Crippen LogP contribution in [0.3, 0.4) is 0 Å². The Labute approximate surface area is 96.7 Å². The van der Waals surface area contributed by atoms with Gasteiger partial charge in [0.25, 0.3) is 0 Å². The van der Waals surface area contributed by atoms with Crippen molar-refractivity contribution in [3.63, 3.8) is 0 Å². The predicted molar refractivity (Wildman–Crippen MR) is 69.0 cm³/mol. The smallest absolute Gasteiger partial charge is 0.00399 e. The van der Waals surface area contributed by atoms with E-state index in [0.717, 1.165) is 4.90 Å². The minimum atomic E-state index is 0.931. The number of hydrogen-bond acceptors (Lipinski definition) is 1. The first-order valence-corrected chi connectivity index (χ1v) is 5.25. The number of hydrogen-bond donors (Lipinski definition) is 1. The molecule has 15 heavy (non-hydrogen) atoms. The molecule has 0 amide bonds. The van der Waals surface area contributed by atoms with Gasteiger partial charge in [-0.05, 0) is 12.1 Å². The molecule has 0 nitrogen and oxygen atoms in total. The van der Waals surface area contributed by atoms with E-state index in [9.17, 15) is 0 Å². The molecule has 0 aliphatic rings. The molecule has 0 aliphatic carbocycles. The molecule has 0 saturated heterocycles. The first kappa shape index (κ1) is 11.6. The Kier molecular flexibility index (Phi) is 6.10. The predicted octanol–water partition coefficient (Wildman–Crippen LogP) is 4.22. The molecular weight excluding hydrogens is 200 g/mol. The molecule has 0 radical (unpaired) electrons. The van der Waals surface area contributed by atoms with E-state index < -0.39 is 0 Å². The van der Waals surface area contributed by atoms with E-state index in [4.69, 9.17) is 0 Å². The van der Waals surface area contributed by atoms with Gasteiger partial charge in [0.1, 0.15) is 0 Å². The molecule has 1 aromatic rings. The van der Waals surface area contributed by atoms with E-state index in [2.05, 4.69) is 12.6 Å². The van der Waals surface area contributed by atoms with Crippen molar-refractivity contribution >= 4 is 12.6 Å². The molecule has 1 rings (SSSR count). The molecule has 0 atom stereocenters. The quantitative estimate of drug-likeness (QED) is 0.614. The highest BCUT2D eigenvalue weighted by Crippen LogP contribution is 1.98. The lowest BCUT2D eigenvalue weighted by molar-refractivity contribution is 1.51. The summed E-state index contributed by atoms with van der Waals surface area (Å²) in [6.45, 7) is 0. The lowest BCUT2D eigenvalue weighted by Gasteiger charge is -1.78. The monoisotopic (exact) mass is 214 g/mol. The Balaban J connectivity index is 3.11. The Morgan fingerprint density at radius 3 is 1.07 bits per heavy atom. The van der Waals surface area contributed by atoms with Gasteiger partial charge in [0.15, 0.2) is 0 Å². The summed E-state index contributed by atoms with van der Waals surface area (Å²) in [5.74, 6) is 0. The van der Waals surface area contributed by atoms with Crippen LogP contribution in [0.5, 0.6) is 0 Å². The van der Waals surface area contributed by atoms with Gasteiger partial charge in [0, 0.05) is 4.90 Å². The van der Waals surface area contributed by atoms with Crippen molar-refractivity contribution in [1.29, 1.82) is 0 Å². The zero-order valence-electron chi connectivity index (χ0n) is 8.45. The van der Waals surface area contributed by atoms with Crippen molar-refractivity contribution in [2.45, 2.75) is 4.90 Å². The Hall–Kier alpha value is -1.47. The average Bonchev–Trinajstić information content (AvgIpc) is 2.24. The standard InChI is InChI=1S/C14H14S/c15-14-12-10-8-6-4-2-1-3-5-7-9-11-13-14/h1-13,15H. The summed E-state index contributed by atoms with van der Waals surface area (Å²) < 4.78 is 0. The van der Waals surface area contributed by atoms with Crippen molar-refractivity contribution in [2.24, 2.45) is 0 Å². The zero-order chi connectivity index (χ0) is 10.8. The van der Waals surface area contributed by atoms with Crippen molar-refractivity contribution in [1.82, 2.24) is 0 Å². The summed E-state index contributed by atoms with van der Waals surface area (Å²) in [5.41, 5.74) is 0. The van der Waals surface area contributed by atoms with Gasteiger partial charge < -0.3 is 0 Å². The molecule has 0 unspecified atom stereocenters. The van der Waals surface area contributed by atoms with Gasteiger partial charge in [0.2, 0.25) is 0 Å². The highest BCUT2D eigenvalue weighted by molar-refractivity contribution is 7.80. The average molecular weight is 214 g/mol. The maximum atomic E-state index is 4.30. The molecule has 0 fully saturated rings. The minimum absolute atomic E-state index is 0.931. The lowest BCUT2D eigenvalue weighted by Crippen LogP contribution is -1.53. The largest absolute Gasteiger partial charge is 0.143 e. The summed E-state index contributed by atoms with van der Waals surface area (Å²) >= 11 is 4.30. The SMILES string of the molecule is Sc1ccccccccccccc1. The maximum absolute atomic E-state index is 4.30. The first-order valence-electron chi connectivity index (χ1n) is 4.80. The van der Waals surface area contributed by atoms with Crippen LogP contribution in [0.15, 0.2) is 83.8 Å². The Bertz CT molecular complexity index is 361. The molecule has 0 aliphatic heterocycles. The van der Waals surface area contributed by atoms with Gasteiger partial charge >= 0.3 is 0 Å². The topological polar surface area (TPSA) is 0 Å². The summed E-state index contributed by atoms with van der Waals surface area (Å²) in [6, 6.07) is 25.7. The van der Waals surface area contributed by atoms with Gasteiger partial charge in [-0.3, -0.25) is 0 Å². The first-order chi connectivity index (χ1) is 7.39. The molecule has 0 N–H and O–H groups in total. The second-order valence-corrected chi connectivity index (χ2v) is 3.39. The summed E-state index contributed by atoms with van der Waals surface area (Å²) in [7, 11) is 0. The zero-order valence-corrected chi connectivity index (χ0v) is 9.35. The molecule has 0 aromatic heterocycles. The maximum Gasteiger partial charge on any atom is 0.00399 e. The highest BCUT2D eigenvalue weighted by atomic mass is 32.1. The normalized spacial score (nSPS) is 8.33. The second-order valence-electron chi connectivity index (χ2n) is 2.88. The third-order valence-corrected chi connectivity index (χ3v) is 1.94. The molecule has 1 heteroatoms. The van der Waals surface area contributed by atoms with Gasteiger partial charge in [-0.2, -0.15) is 0 Å². The van der Waals surface area contributed by atoms with E-state index >= 15 is 0 Å². The minimum Gasteiger partial charge on any atom is -0.143 e. The Morgan fingerprint density at radius 1 is 0.467 bits per heavy atom. The molecule has 0 heterocycles. The van der Waals surface area contributed by atoms with Gasteiger partial charge in [-0.25, -0.2) is 0 Å². The van der Waals surface area contributed by atoms with Crippen LogP contribution in [0.2, 0.25) is 0 Å². The van der Waals surface area contributed by atoms with Crippen molar-refractivity contribution in [3.05, 3.63) is 78.9 Å². The van der Waals surface area contributed by atoms with Crippen LogP contribution in [0.4, 0.5) is 0 Å². The lowest BCUT2D eigenvalue weighted by atomic mass is 10.4. The van der Waals surface area contributed by atoms with E-state index in [1.165, 1.54) is 0 Å². The fourth-order valence-corrected chi connectivity index (χ4v) is 1.11. The van der Waals surface area contributed by atoms with Crippen molar-refractivity contribution < 1.29 is 0 Å². The summed E-state index contributed by atoms with van der Waals surface area (Å²) in [6.07, 6.45) is 0. The summed E-state index contributed by atoms with van der Waals surface area (Å²) in [5, 5.41) is 0. The molecule has 0 bridgehead atoms. The van der Waals surface area contributed by atoms with Crippen LogP contribution in [0.1, 0.15) is 0 Å². The van der Waals surface area contributed by atoms with Crippen molar-refractivity contribution in [3.8, 4) is 0 Å². The number of thiol groups is 1. The van der Waals surface area contributed by atoms with E-state index in [-0.39, 0.29) is 0 Å². The summed E-state index contributed by atoms with van der Waals surface area (Å²) in [4.78, 5) is 0.931. The third kappa shape index (κ3) is 6.58. The van der Waals surface area contributed by atoms with Crippen LogP contribution in [-0.4, -0.2) is 0 Å². The van der Waals surface area contributed by atoms with Crippen LogP contribution in [-0.2, 0) is 0 Å². The number of rotatable bonds is 0. The highest BCUT2D eigenvalue weighted by Gasteiger charge is 1.70. The van der Waals surface area contributed by atoms with E-state index in [1.54, 1.807) is 0 Å². The van der Waals surface area contributed by atoms with Crippen LogP contribution < -0.4 is 0 Å². The molecule has 0 saturated carbocycles. The van der Waals surface area contributed by atoms with Gasteiger partial charge in [-0.1, -0.05) is 66.7 Å². The fourth-order valence-electron chi connectivity index (χ4n) is 0.941. The van der Waals surface area contributed by atoms with E-state index in [1.807, 2.05) is 78.9 Å². The van der Waals surface area contributed by atoms with Crippen molar-refractivity contribution in [2.75, 3.05) is 0 Å². The van der Waals surface area contributed by atoms with E-state index in [0.29, 0.717) is 0 Å². The Morgan fingerprint density at radius 2 is 0.733 bits per heavy atom. The fraction of sp³-hybridized carbons (Fsp3) is 0.